The average molecular weight is 957 g/mol. The molecule has 2 saturated heterocycles. The number of Topliss-reactive ketones (excluding diaryl/α,β-unsaturated/α-hetero) is 1. The number of carbonyl (C=O) groups is 1. The van der Waals surface area contributed by atoms with Crippen molar-refractivity contribution in [3.63, 3.8) is 0 Å². The molecule has 67 heavy (non-hydrogen) atoms. The molecule has 2 fully saturated rings. The van der Waals surface area contributed by atoms with Gasteiger partial charge in [-0.25, -0.2) is 0 Å². The third kappa shape index (κ3) is 12.2. The lowest BCUT2D eigenvalue weighted by molar-refractivity contribution is -0.181. The second-order valence-corrected chi connectivity index (χ2v) is 29.7. The molecule has 0 radical (unpaired) electrons. The van der Waals surface area contributed by atoms with Crippen LogP contribution in [0.4, 0.5) is 0 Å². The topological polar surface area (TPSA) is 111 Å². The molecule has 2 heterocycles. The summed E-state index contributed by atoms with van der Waals surface area (Å²) in [6, 6.07) is 42.1. The first-order chi connectivity index (χ1) is 31.4. The van der Waals surface area contributed by atoms with Crippen LogP contribution in [0, 0.1) is 0 Å². The predicted octanol–water partition coefficient (Wildman–Crippen LogP) is 8.34. The van der Waals surface area contributed by atoms with Gasteiger partial charge in [0.2, 0.25) is 0 Å². The SMILES string of the molecule is CCC(=O)C(OC)C1OC(C)(C)OC1CO[Si](c1ccccc1)(c1ccccc1)C(C)(C)C.CC[C@](C)(O)C(OC)C1OC(C)(C)OC1CO[Si](c1ccccc1)(c1ccccc1)C(C)(C)C. The zero-order valence-corrected chi connectivity index (χ0v) is 45.0. The summed E-state index contributed by atoms with van der Waals surface area (Å²) in [4.78, 5) is 12.6. The molecule has 4 aromatic carbocycles. The Kier molecular flexibility index (Phi) is 18.0. The number of carbonyl (C=O) groups excluding carboxylic acids is 1. The van der Waals surface area contributed by atoms with Crippen LogP contribution in [0.5, 0.6) is 0 Å². The van der Waals surface area contributed by atoms with Crippen molar-refractivity contribution in [1.29, 1.82) is 0 Å². The zero-order chi connectivity index (χ0) is 49.5. The molecule has 7 atom stereocenters. The minimum atomic E-state index is -2.73. The number of hydrogen-bond acceptors (Lipinski definition) is 10. The molecule has 10 nitrogen and oxygen atoms in total. The van der Waals surface area contributed by atoms with Gasteiger partial charge in [0, 0.05) is 20.6 Å². The van der Waals surface area contributed by atoms with E-state index in [0.29, 0.717) is 26.1 Å². The Balaban J connectivity index is 0.000000251. The van der Waals surface area contributed by atoms with Crippen LogP contribution in [0.25, 0.3) is 0 Å². The molecule has 6 unspecified atom stereocenters. The summed E-state index contributed by atoms with van der Waals surface area (Å²) in [6.45, 7) is 27.2. The summed E-state index contributed by atoms with van der Waals surface area (Å²) in [7, 11) is -2.30. The van der Waals surface area contributed by atoms with Crippen LogP contribution in [0.2, 0.25) is 10.1 Å². The second-order valence-electron chi connectivity index (χ2n) is 21.1. The zero-order valence-electron chi connectivity index (χ0n) is 43.0. The fourth-order valence-electron chi connectivity index (χ4n) is 10.0. The van der Waals surface area contributed by atoms with E-state index in [2.05, 4.69) is 139 Å². The standard InChI is InChI=1S/C28H42O5Si.C27H38O5Si/c1-9-28(7,29)25(30-8)24-23(32-27(5,6)33-24)20-31-34(26(2,3)4,21-16-12-10-13-17-21)22-18-14-11-15-19-22;1-8-22(28)24(29-7)25-23(31-27(5,6)32-25)19-30-33(26(2,3)4,20-15-11-9-12-16-20)21-17-13-10-14-18-21/h10-19,23-25,29H,9,20H2,1-8H3;9-18,23-25H,8,19H2,1-7H3/t23?,24?,25?,28-;/m0./s1. The molecule has 0 aromatic heterocycles. The summed E-state index contributed by atoms with van der Waals surface area (Å²) >= 11 is 0. The Morgan fingerprint density at radius 3 is 1.18 bits per heavy atom. The van der Waals surface area contributed by atoms with Crippen LogP contribution >= 0.6 is 0 Å². The highest BCUT2D eigenvalue weighted by atomic mass is 28.4. The Morgan fingerprint density at radius 2 is 0.896 bits per heavy atom. The van der Waals surface area contributed by atoms with Crippen LogP contribution in [0.3, 0.4) is 0 Å². The van der Waals surface area contributed by atoms with Gasteiger partial charge in [-0.05, 0) is 71.9 Å². The van der Waals surface area contributed by atoms with Crippen molar-refractivity contribution in [1.82, 2.24) is 0 Å². The van der Waals surface area contributed by atoms with Gasteiger partial charge in [-0.15, -0.1) is 0 Å². The normalized spacial score (nSPS) is 22.6. The maximum Gasteiger partial charge on any atom is 0.261 e. The van der Waals surface area contributed by atoms with Gasteiger partial charge in [0.15, 0.2) is 17.4 Å². The van der Waals surface area contributed by atoms with Crippen LogP contribution in [0.15, 0.2) is 121 Å². The van der Waals surface area contributed by atoms with Crippen molar-refractivity contribution in [2.45, 2.75) is 167 Å². The molecule has 12 heteroatoms. The number of benzene rings is 4. The number of rotatable bonds is 18. The van der Waals surface area contributed by atoms with Crippen LogP contribution in [-0.2, 0) is 42.1 Å². The van der Waals surface area contributed by atoms with Gasteiger partial charge in [0.05, 0.1) is 18.8 Å². The smallest absolute Gasteiger partial charge is 0.261 e. The number of ketones is 1. The molecule has 1 N–H and O–H groups in total. The van der Waals surface area contributed by atoms with E-state index in [4.69, 9.17) is 37.3 Å². The maximum absolute atomic E-state index is 12.6. The van der Waals surface area contributed by atoms with Crippen LogP contribution in [-0.4, -0.2) is 109 Å². The molecule has 0 amide bonds. The summed E-state index contributed by atoms with van der Waals surface area (Å²) in [5.74, 6) is -1.63. The molecule has 2 aliphatic rings. The Hall–Kier alpha value is -3.38. The van der Waals surface area contributed by atoms with E-state index in [9.17, 15) is 9.90 Å². The Labute approximate surface area is 404 Å². The average Bonchev–Trinajstić information content (AvgIpc) is 3.77. The molecular weight excluding hydrogens is 877 g/mol. The van der Waals surface area contributed by atoms with Gasteiger partial charge in [0.1, 0.15) is 36.6 Å². The fraction of sp³-hybridized carbons (Fsp3) is 0.545. The first-order valence-corrected chi connectivity index (χ1v) is 27.8. The lowest BCUT2D eigenvalue weighted by atomic mass is 9.89. The minimum Gasteiger partial charge on any atom is -0.405 e. The molecule has 368 valence electrons. The number of methoxy groups -OCH3 is 2. The lowest BCUT2D eigenvalue weighted by Gasteiger charge is -2.44. The first kappa shape index (κ1) is 54.6. The molecule has 4 aromatic rings. The quantitative estimate of drug-likeness (QED) is 0.0979. The van der Waals surface area contributed by atoms with Crippen molar-refractivity contribution in [3.05, 3.63) is 121 Å². The number of ether oxygens (including phenoxy) is 6. The molecule has 0 spiro atoms. The number of hydrogen-bond donors (Lipinski definition) is 1. The van der Waals surface area contributed by atoms with E-state index >= 15 is 0 Å². The summed E-state index contributed by atoms with van der Waals surface area (Å²) in [5, 5.41) is 15.6. The van der Waals surface area contributed by atoms with Gasteiger partial charge < -0.3 is 42.4 Å². The van der Waals surface area contributed by atoms with Crippen molar-refractivity contribution in [2.24, 2.45) is 0 Å². The summed E-state index contributed by atoms with van der Waals surface area (Å²) in [6.07, 6.45) is -2.14. The van der Waals surface area contributed by atoms with E-state index in [0.717, 1.165) is 0 Å². The van der Waals surface area contributed by atoms with Crippen LogP contribution < -0.4 is 20.7 Å². The molecule has 2 aliphatic heterocycles. The van der Waals surface area contributed by atoms with Crippen molar-refractivity contribution < 1.29 is 47.2 Å². The third-order valence-electron chi connectivity index (χ3n) is 13.3. The van der Waals surface area contributed by atoms with E-state index < -0.39 is 64.3 Å². The van der Waals surface area contributed by atoms with Gasteiger partial charge >= 0.3 is 0 Å². The fourth-order valence-corrected chi connectivity index (χ4v) is 19.2. The van der Waals surface area contributed by atoms with Gasteiger partial charge in [-0.3, -0.25) is 4.79 Å². The van der Waals surface area contributed by atoms with Gasteiger partial charge in [0.25, 0.3) is 16.6 Å². The molecule has 0 bridgehead atoms. The van der Waals surface area contributed by atoms with E-state index in [1.807, 2.05) is 65.8 Å². The number of aliphatic hydroxyl groups is 1. The monoisotopic (exact) mass is 957 g/mol. The Morgan fingerprint density at radius 1 is 0.567 bits per heavy atom. The summed E-state index contributed by atoms with van der Waals surface area (Å²) < 4.78 is 50.6. The van der Waals surface area contributed by atoms with Crippen LogP contribution in [0.1, 0.15) is 103 Å². The van der Waals surface area contributed by atoms with Crippen molar-refractivity contribution in [3.8, 4) is 0 Å². The van der Waals surface area contributed by atoms with E-state index in [1.165, 1.54) is 20.7 Å². The maximum atomic E-state index is 12.6. The lowest BCUT2D eigenvalue weighted by Crippen LogP contribution is -2.67. The minimum absolute atomic E-state index is 0.000696. The predicted molar refractivity (Wildman–Crippen MR) is 273 cm³/mol. The first-order valence-electron chi connectivity index (χ1n) is 24.0. The van der Waals surface area contributed by atoms with Gasteiger partial charge in [-0.1, -0.05) is 177 Å². The second kappa shape index (κ2) is 22.1. The summed E-state index contributed by atoms with van der Waals surface area (Å²) in [5.41, 5.74) is -1.06. The van der Waals surface area contributed by atoms with Crippen molar-refractivity contribution >= 4 is 43.2 Å². The van der Waals surface area contributed by atoms with E-state index in [-0.39, 0.29) is 22.0 Å². The molecular formula is C55H80O10Si2. The largest absolute Gasteiger partial charge is 0.405 e. The van der Waals surface area contributed by atoms with Crippen molar-refractivity contribution in [2.75, 3.05) is 27.4 Å². The molecule has 6 rings (SSSR count). The highest BCUT2D eigenvalue weighted by Gasteiger charge is 2.56. The van der Waals surface area contributed by atoms with Gasteiger partial charge in [-0.2, -0.15) is 0 Å². The highest BCUT2D eigenvalue weighted by molar-refractivity contribution is 7.00. The third-order valence-corrected chi connectivity index (χ3v) is 23.3. The highest BCUT2D eigenvalue weighted by Crippen LogP contribution is 2.41. The molecule has 0 saturated carbocycles. The van der Waals surface area contributed by atoms with E-state index in [1.54, 1.807) is 21.1 Å². The molecule has 0 aliphatic carbocycles. The Bertz CT molecular complexity index is 2040.